The van der Waals surface area contributed by atoms with E-state index in [1.54, 1.807) is 30.3 Å². The van der Waals surface area contributed by atoms with Gasteiger partial charge in [0, 0.05) is 31.1 Å². The summed E-state index contributed by atoms with van der Waals surface area (Å²) >= 11 is 0. The molecule has 0 spiro atoms. The lowest BCUT2D eigenvalue weighted by atomic mass is 9.97. The van der Waals surface area contributed by atoms with Crippen LogP contribution in [0.2, 0.25) is 0 Å². The maximum absolute atomic E-state index is 12.6. The minimum Gasteiger partial charge on any atom is -0.423 e. The molecule has 1 aromatic heterocycles. The van der Waals surface area contributed by atoms with E-state index in [1.165, 1.54) is 0 Å². The normalized spacial score (nSPS) is 17.8. The van der Waals surface area contributed by atoms with Crippen LogP contribution in [0.15, 0.2) is 62.6 Å². The molecule has 0 aliphatic carbocycles. The molecule has 6 nitrogen and oxygen atoms in total. The first-order valence-corrected chi connectivity index (χ1v) is 12.1. The van der Waals surface area contributed by atoms with Crippen LogP contribution in [-0.2, 0) is 16.6 Å². The van der Waals surface area contributed by atoms with Crippen molar-refractivity contribution in [1.82, 2.24) is 9.62 Å². The Morgan fingerprint density at radius 2 is 1.81 bits per heavy atom. The Bertz CT molecular complexity index is 1230. The highest BCUT2D eigenvalue weighted by molar-refractivity contribution is 7.89. The first-order valence-electron chi connectivity index (χ1n) is 10.6. The number of nitrogens with zero attached hydrogens (tertiary/aromatic N) is 1. The van der Waals surface area contributed by atoms with Gasteiger partial charge in [0.2, 0.25) is 10.0 Å². The van der Waals surface area contributed by atoms with Gasteiger partial charge in [0.15, 0.2) is 0 Å². The highest BCUT2D eigenvalue weighted by Crippen LogP contribution is 2.23. The lowest BCUT2D eigenvalue weighted by Gasteiger charge is -2.33. The molecule has 0 amide bonds. The highest BCUT2D eigenvalue weighted by Gasteiger charge is 2.23. The molecule has 0 bridgehead atoms. The zero-order valence-corrected chi connectivity index (χ0v) is 18.7. The van der Waals surface area contributed by atoms with Gasteiger partial charge in [0.25, 0.3) is 0 Å². The Hall–Kier alpha value is -2.48. The van der Waals surface area contributed by atoms with Crippen molar-refractivity contribution in [2.45, 2.75) is 38.1 Å². The van der Waals surface area contributed by atoms with E-state index in [4.69, 9.17) is 4.42 Å². The van der Waals surface area contributed by atoms with Gasteiger partial charge < -0.3 is 4.42 Å². The quantitative estimate of drug-likeness (QED) is 0.593. The van der Waals surface area contributed by atoms with Gasteiger partial charge >= 0.3 is 5.63 Å². The molecule has 1 fully saturated rings. The fourth-order valence-electron chi connectivity index (χ4n) is 4.20. The molecule has 1 saturated heterocycles. The Morgan fingerprint density at radius 3 is 2.58 bits per heavy atom. The minimum absolute atomic E-state index is 0.225. The van der Waals surface area contributed by atoms with E-state index in [1.807, 2.05) is 32.0 Å². The molecule has 1 aliphatic heterocycles. The molecule has 0 saturated carbocycles. The molecule has 1 atom stereocenters. The minimum atomic E-state index is -3.51. The van der Waals surface area contributed by atoms with E-state index in [0.717, 1.165) is 48.0 Å². The van der Waals surface area contributed by atoms with Crippen LogP contribution in [0.3, 0.4) is 0 Å². The standard InChI is InChI=1S/C24H28N2O4S/c1-17-5-8-21(9-6-17)31(28,29)25-14-19-4-3-11-26(15-19)16-20-13-24(27)30-23-12-18(2)7-10-22(20)23/h5-10,12-13,19,25H,3-4,11,14-16H2,1-2H3. The van der Waals surface area contributed by atoms with Gasteiger partial charge in [0.05, 0.1) is 4.90 Å². The van der Waals surface area contributed by atoms with Gasteiger partial charge in [-0.05, 0) is 68.5 Å². The van der Waals surface area contributed by atoms with Gasteiger partial charge in [-0.25, -0.2) is 17.9 Å². The van der Waals surface area contributed by atoms with Crippen molar-refractivity contribution >= 4 is 21.0 Å². The van der Waals surface area contributed by atoms with E-state index < -0.39 is 10.0 Å². The number of hydrogen-bond donors (Lipinski definition) is 1. The van der Waals surface area contributed by atoms with Crippen molar-refractivity contribution in [2.75, 3.05) is 19.6 Å². The van der Waals surface area contributed by atoms with Crippen molar-refractivity contribution in [1.29, 1.82) is 0 Å². The van der Waals surface area contributed by atoms with Gasteiger partial charge in [0.1, 0.15) is 5.58 Å². The van der Waals surface area contributed by atoms with Crippen molar-refractivity contribution in [2.24, 2.45) is 5.92 Å². The van der Waals surface area contributed by atoms with Crippen LogP contribution in [0.5, 0.6) is 0 Å². The second kappa shape index (κ2) is 8.94. The summed E-state index contributed by atoms with van der Waals surface area (Å²) in [4.78, 5) is 14.6. The first-order chi connectivity index (χ1) is 14.8. The summed E-state index contributed by atoms with van der Waals surface area (Å²) in [6.07, 6.45) is 1.97. The molecule has 164 valence electrons. The molecule has 1 N–H and O–H groups in total. The van der Waals surface area contributed by atoms with Crippen molar-refractivity contribution < 1.29 is 12.8 Å². The predicted octanol–water partition coefficient (Wildman–Crippen LogP) is 3.60. The average molecular weight is 441 g/mol. The van der Waals surface area contributed by atoms with Gasteiger partial charge in [-0.3, -0.25) is 4.90 Å². The van der Waals surface area contributed by atoms with E-state index in [0.29, 0.717) is 23.6 Å². The summed E-state index contributed by atoms with van der Waals surface area (Å²) in [5.41, 5.74) is 3.30. The zero-order chi connectivity index (χ0) is 22.0. The highest BCUT2D eigenvalue weighted by atomic mass is 32.2. The Morgan fingerprint density at radius 1 is 1.06 bits per heavy atom. The third kappa shape index (κ3) is 5.23. The van der Waals surface area contributed by atoms with Crippen molar-refractivity contribution in [3.63, 3.8) is 0 Å². The fraction of sp³-hybridized carbons (Fsp3) is 0.375. The number of likely N-dealkylation sites (tertiary alicyclic amines) is 1. The number of hydrogen-bond acceptors (Lipinski definition) is 5. The topological polar surface area (TPSA) is 79.6 Å². The molecule has 2 heterocycles. The molecule has 1 unspecified atom stereocenters. The maximum Gasteiger partial charge on any atom is 0.336 e. The van der Waals surface area contributed by atoms with Gasteiger partial charge in [-0.2, -0.15) is 0 Å². The van der Waals surface area contributed by atoms with E-state index in [9.17, 15) is 13.2 Å². The molecule has 31 heavy (non-hydrogen) atoms. The zero-order valence-electron chi connectivity index (χ0n) is 17.9. The molecule has 3 aromatic rings. The predicted molar refractivity (Wildman–Crippen MR) is 122 cm³/mol. The number of piperidine rings is 1. The van der Waals surface area contributed by atoms with E-state index in [-0.39, 0.29) is 11.5 Å². The maximum atomic E-state index is 12.6. The molecule has 4 rings (SSSR count). The van der Waals surface area contributed by atoms with Crippen LogP contribution >= 0.6 is 0 Å². The molecule has 2 aromatic carbocycles. The smallest absolute Gasteiger partial charge is 0.336 e. The summed E-state index contributed by atoms with van der Waals surface area (Å²) in [5, 5.41) is 0.951. The molecule has 0 radical (unpaired) electrons. The van der Waals surface area contributed by atoms with Crippen molar-refractivity contribution in [3.05, 3.63) is 75.6 Å². The number of nitrogens with one attached hydrogen (secondary N) is 1. The van der Waals surface area contributed by atoms with Crippen LogP contribution in [0.4, 0.5) is 0 Å². The molecule has 7 heteroatoms. The third-order valence-corrected chi connectivity index (χ3v) is 7.32. The summed E-state index contributed by atoms with van der Waals surface area (Å²) in [7, 11) is -3.51. The number of sulfonamides is 1. The summed E-state index contributed by atoms with van der Waals surface area (Å²) in [5.74, 6) is 0.225. The fourth-order valence-corrected chi connectivity index (χ4v) is 5.31. The number of rotatable bonds is 6. The van der Waals surface area contributed by atoms with Crippen LogP contribution in [0.25, 0.3) is 11.0 Å². The van der Waals surface area contributed by atoms with Gasteiger partial charge in [-0.15, -0.1) is 0 Å². The Balaban J connectivity index is 1.43. The average Bonchev–Trinajstić information content (AvgIpc) is 2.72. The Kier molecular flexibility index (Phi) is 6.27. The number of benzene rings is 2. The summed E-state index contributed by atoms with van der Waals surface area (Å²) in [6.45, 7) is 6.66. The van der Waals surface area contributed by atoms with E-state index >= 15 is 0 Å². The first kappa shape index (κ1) is 21.7. The second-order valence-electron chi connectivity index (χ2n) is 8.50. The number of aryl methyl sites for hydroxylation is 2. The van der Waals surface area contributed by atoms with Gasteiger partial charge in [-0.1, -0.05) is 29.8 Å². The Labute approximate surface area is 182 Å². The lowest BCUT2D eigenvalue weighted by molar-refractivity contribution is 0.169. The van der Waals surface area contributed by atoms with E-state index in [2.05, 4.69) is 9.62 Å². The largest absolute Gasteiger partial charge is 0.423 e. The summed E-state index contributed by atoms with van der Waals surface area (Å²) in [6, 6.07) is 14.4. The SMILES string of the molecule is Cc1ccc(S(=O)(=O)NCC2CCCN(Cc3cc(=O)oc4cc(C)ccc34)C2)cc1. The van der Waals surface area contributed by atoms with Crippen LogP contribution in [-0.4, -0.2) is 33.0 Å². The second-order valence-corrected chi connectivity index (χ2v) is 10.3. The van der Waals surface area contributed by atoms with Crippen LogP contribution in [0.1, 0.15) is 29.5 Å². The van der Waals surface area contributed by atoms with Crippen LogP contribution < -0.4 is 10.3 Å². The summed E-state index contributed by atoms with van der Waals surface area (Å²) < 4.78 is 33.3. The molecular formula is C24H28N2O4S. The third-order valence-electron chi connectivity index (χ3n) is 5.88. The van der Waals surface area contributed by atoms with Crippen LogP contribution in [0, 0.1) is 19.8 Å². The monoisotopic (exact) mass is 440 g/mol. The lowest BCUT2D eigenvalue weighted by Crippen LogP contribution is -2.40. The molecule has 1 aliphatic rings. The van der Waals surface area contributed by atoms with Crippen molar-refractivity contribution in [3.8, 4) is 0 Å². The molecular weight excluding hydrogens is 412 g/mol. The number of fused-ring (bicyclic) bond motifs is 1.